The van der Waals surface area contributed by atoms with Gasteiger partial charge in [-0.3, -0.25) is 4.79 Å². The van der Waals surface area contributed by atoms with E-state index in [1.165, 1.54) is 6.07 Å². The van der Waals surface area contributed by atoms with E-state index in [9.17, 15) is 14.7 Å². The standard InChI is InChI=1S/C14H12ClNO3.Na/c1-8-13(14(18)19)12(17)7-11(16(8)2)9-3-5-10(15)6-4-9;/h3-7H,1-2H3,(H,18,19);/q;+1/p-1. The number of aromatic carboxylic acids is 1. The van der Waals surface area contributed by atoms with Crippen molar-refractivity contribution in [1.82, 2.24) is 4.57 Å². The minimum absolute atomic E-state index is 0. The zero-order chi connectivity index (χ0) is 14.2. The maximum atomic E-state index is 11.8. The molecule has 1 aromatic carbocycles. The van der Waals surface area contributed by atoms with Gasteiger partial charge in [0.05, 0.1) is 17.2 Å². The van der Waals surface area contributed by atoms with Crippen molar-refractivity contribution < 1.29 is 39.5 Å². The van der Waals surface area contributed by atoms with Crippen LogP contribution < -0.4 is 40.1 Å². The third-order valence-corrected chi connectivity index (χ3v) is 3.34. The fraction of sp³-hybridized carbons (Fsp3) is 0.143. The van der Waals surface area contributed by atoms with Crippen LogP contribution in [-0.2, 0) is 7.05 Å². The van der Waals surface area contributed by atoms with E-state index in [-0.39, 0.29) is 35.1 Å². The Bertz CT molecular complexity index is 708. The second kappa shape index (κ2) is 6.59. The van der Waals surface area contributed by atoms with Crippen LogP contribution >= 0.6 is 11.6 Å². The van der Waals surface area contributed by atoms with Gasteiger partial charge in [0.15, 0.2) is 5.43 Å². The Hall–Kier alpha value is -1.07. The van der Waals surface area contributed by atoms with Gasteiger partial charge in [0.1, 0.15) is 0 Å². The number of benzene rings is 1. The summed E-state index contributed by atoms with van der Waals surface area (Å²) in [7, 11) is 1.70. The van der Waals surface area contributed by atoms with Gasteiger partial charge in [-0.1, -0.05) is 23.7 Å². The number of carbonyl (C=O) groups excluding carboxylic acids is 1. The zero-order valence-corrected chi connectivity index (χ0v) is 14.2. The summed E-state index contributed by atoms with van der Waals surface area (Å²) in [5, 5.41) is 11.5. The van der Waals surface area contributed by atoms with E-state index in [0.29, 0.717) is 16.4 Å². The number of nitrogens with zero attached hydrogens (tertiary/aromatic N) is 1. The molecule has 0 saturated heterocycles. The predicted molar refractivity (Wildman–Crippen MR) is 71.2 cm³/mol. The molecule has 0 spiro atoms. The molecule has 1 heterocycles. The third-order valence-electron chi connectivity index (χ3n) is 3.08. The van der Waals surface area contributed by atoms with Crippen molar-refractivity contribution in [1.29, 1.82) is 0 Å². The van der Waals surface area contributed by atoms with Crippen molar-refractivity contribution in [3.63, 3.8) is 0 Å². The molecule has 2 aromatic rings. The monoisotopic (exact) mass is 299 g/mol. The van der Waals surface area contributed by atoms with E-state index in [4.69, 9.17) is 11.6 Å². The molecule has 6 heteroatoms. The van der Waals surface area contributed by atoms with Gasteiger partial charge < -0.3 is 14.5 Å². The molecule has 0 saturated carbocycles. The van der Waals surface area contributed by atoms with Gasteiger partial charge in [-0.25, -0.2) is 0 Å². The Morgan fingerprint density at radius 3 is 2.30 bits per heavy atom. The summed E-state index contributed by atoms with van der Waals surface area (Å²) in [6.07, 6.45) is 0. The maximum Gasteiger partial charge on any atom is 1.00 e. The summed E-state index contributed by atoms with van der Waals surface area (Å²) < 4.78 is 1.65. The van der Waals surface area contributed by atoms with Gasteiger partial charge in [0.25, 0.3) is 0 Å². The molecule has 0 amide bonds. The van der Waals surface area contributed by atoms with Crippen molar-refractivity contribution >= 4 is 17.6 Å². The average Bonchev–Trinajstić information content (AvgIpc) is 2.34. The second-order valence-corrected chi connectivity index (χ2v) is 4.64. The molecular weight excluding hydrogens is 289 g/mol. The van der Waals surface area contributed by atoms with Crippen LogP contribution in [0.25, 0.3) is 11.3 Å². The minimum Gasteiger partial charge on any atom is -0.545 e. The van der Waals surface area contributed by atoms with Gasteiger partial charge in [0, 0.05) is 23.8 Å². The molecule has 0 unspecified atom stereocenters. The van der Waals surface area contributed by atoms with Crippen LogP contribution in [0.2, 0.25) is 5.02 Å². The molecule has 0 aliphatic heterocycles. The summed E-state index contributed by atoms with van der Waals surface area (Å²) in [4.78, 5) is 22.8. The largest absolute Gasteiger partial charge is 1.00 e. The van der Waals surface area contributed by atoms with Crippen molar-refractivity contribution in [2.45, 2.75) is 6.92 Å². The van der Waals surface area contributed by atoms with E-state index in [0.717, 1.165) is 5.56 Å². The van der Waals surface area contributed by atoms with Crippen molar-refractivity contribution in [3.05, 3.63) is 56.8 Å². The van der Waals surface area contributed by atoms with Crippen LogP contribution in [0.4, 0.5) is 0 Å². The molecule has 0 fully saturated rings. The van der Waals surface area contributed by atoms with Gasteiger partial charge in [-0.15, -0.1) is 0 Å². The van der Waals surface area contributed by atoms with Crippen LogP contribution in [0.15, 0.2) is 35.1 Å². The summed E-state index contributed by atoms with van der Waals surface area (Å²) >= 11 is 5.81. The molecule has 0 bridgehead atoms. The van der Waals surface area contributed by atoms with Crippen LogP contribution in [0.1, 0.15) is 16.1 Å². The Kier molecular flexibility index (Phi) is 5.59. The molecule has 4 nitrogen and oxygen atoms in total. The zero-order valence-electron chi connectivity index (χ0n) is 11.4. The molecular formula is C14H11ClNNaO3. The quantitative estimate of drug-likeness (QED) is 0.626. The first-order valence-electron chi connectivity index (χ1n) is 5.59. The Balaban J connectivity index is 0.00000200. The molecule has 98 valence electrons. The van der Waals surface area contributed by atoms with Crippen LogP contribution in [-0.4, -0.2) is 10.5 Å². The van der Waals surface area contributed by atoms with E-state index < -0.39 is 11.4 Å². The fourth-order valence-corrected chi connectivity index (χ4v) is 2.09. The van der Waals surface area contributed by atoms with Crippen molar-refractivity contribution in [2.75, 3.05) is 0 Å². The molecule has 1 aromatic heterocycles. The fourth-order valence-electron chi connectivity index (χ4n) is 1.97. The molecule has 0 atom stereocenters. The number of hydrogen-bond acceptors (Lipinski definition) is 3. The van der Waals surface area contributed by atoms with E-state index in [2.05, 4.69) is 0 Å². The minimum atomic E-state index is -1.46. The first kappa shape index (κ1) is 17.0. The van der Waals surface area contributed by atoms with E-state index in [1.807, 2.05) is 0 Å². The predicted octanol–water partition coefficient (Wildman–Crippen LogP) is -1.62. The molecule has 0 radical (unpaired) electrons. The second-order valence-electron chi connectivity index (χ2n) is 4.21. The molecule has 0 aliphatic rings. The first-order valence-corrected chi connectivity index (χ1v) is 5.97. The normalized spacial score (nSPS) is 9.95. The summed E-state index contributed by atoms with van der Waals surface area (Å²) in [5.74, 6) is -1.46. The summed E-state index contributed by atoms with van der Waals surface area (Å²) in [6.45, 7) is 1.58. The smallest absolute Gasteiger partial charge is 0.545 e. The molecule has 0 aliphatic carbocycles. The van der Waals surface area contributed by atoms with Crippen molar-refractivity contribution in [2.24, 2.45) is 7.05 Å². The first-order chi connectivity index (χ1) is 8.91. The average molecular weight is 300 g/mol. The Morgan fingerprint density at radius 2 is 1.80 bits per heavy atom. The number of carboxylic acids is 1. The Labute approximate surface area is 143 Å². The van der Waals surface area contributed by atoms with Gasteiger partial charge in [-0.2, -0.15) is 0 Å². The topological polar surface area (TPSA) is 62.1 Å². The molecule has 2 rings (SSSR count). The number of halogens is 1. The van der Waals surface area contributed by atoms with E-state index >= 15 is 0 Å². The number of hydrogen-bond donors (Lipinski definition) is 0. The van der Waals surface area contributed by atoms with Crippen LogP contribution in [0.5, 0.6) is 0 Å². The summed E-state index contributed by atoms with van der Waals surface area (Å²) in [5.41, 5.74) is 0.916. The molecule has 0 N–H and O–H groups in total. The van der Waals surface area contributed by atoms with Crippen LogP contribution in [0.3, 0.4) is 0 Å². The number of carboxylic acid groups (broad SMARTS) is 1. The number of carbonyl (C=O) groups is 1. The van der Waals surface area contributed by atoms with Gasteiger partial charge in [0.2, 0.25) is 0 Å². The number of pyridine rings is 1. The molecule has 20 heavy (non-hydrogen) atoms. The van der Waals surface area contributed by atoms with Crippen molar-refractivity contribution in [3.8, 4) is 11.3 Å². The van der Waals surface area contributed by atoms with E-state index in [1.54, 1.807) is 42.8 Å². The van der Waals surface area contributed by atoms with Gasteiger partial charge >= 0.3 is 29.6 Å². The van der Waals surface area contributed by atoms with Gasteiger partial charge in [-0.05, 0) is 24.6 Å². The maximum absolute atomic E-state index is 11.8. The third kappa shape index (κ3) is 3.15. The SMILES string of the molecule is Cc1c(C(=O)[O-])c(=O)cc(-c2ccc(Cl)cc2)n1C.[Na+]. The summed E-state index contributed by atoms with van der Waals surface area (Å²) in [6, 6.07) is 8.26. The Morgan fingerprint density at radius 1 is 1.25 bits per heavy atom. The van der Waals surface area contributed by atoms with Crippen LogP contribution in [0, 0.1) is 6.92 Å². The number of rotatable bonds is 2. The number of aromatic nitrogens is 1.